The third kappa shape index (κ3) is 6.24. The molecule has 0 heterocycles. The van der Waals surface area contributed by atoms with Gasteiger partial charge in [0.15, 0.2) is 0 Å². The van der Waals surface area contributed by atoms with Crippen molar-refractivity contribution in [2.75, 3.05) is 20.6 Å². The van der Waals surface area contributed by atoms with Crippen LogP contribution in [0, 0.1) is 0 Å². The predicted octanol–water partition coefficient (Wildman–Crippen LogP) is 3.33. The zero-order valence-electron chi connectivity index (χ0n) is 14.6. The van der Waals surface area contributed by atoms with Gasteiger partial charge in [-0.3, -0.25) is 9.59 Å². The van der Waals surface area contributed by atoms with Crippen LogP contribution in [0.1, 0.15) is 27.9 Å². The summed E-state index contributed by atoms with van der Waals surface area (Å²) >= 11 is 5.94. The van der Waals surface area contributed by atoms with E-state index in [1.807, 2.05) is 36.4 Å². The first-order valence-electron chi connectivity index (χ1n) is 8.27. The maximum absolute atomic E-state index is 11.9. The van der Waals surface area contributed by atoms with Crippen LogP contribution in [0.2, 0.25) is 5.02 Å². The number of amides is 2. The highest BCUT2D eigenvalue weighted by atomic mass is 35.5. The number of halogens is 1. The molecule has 5 heteroatoms. The van der Waals surface area contributed by atoms with Crippen molar-refractivity contribution in [1.29, 1.82) is 0 Å². The van der Waals surface area contributed by atoms with Crippen LogP contribution in [-0.4, -0.2) is 37.4 Å². The fourth-order valence-electron chi connectivity index (χ4n) is 2.46. The van der Waals surface area contributed by atoms with Gasteiger partial charge in [0, 0.05) is 37.6 Å². The third-order valence-corrected chi connectivity index (χ3v) is 4.11. The van der Waals surface area contributed by atoms with Gasteiger partial charge in [0.05, 0.1) is 0 Å². The van der Waals surface area contributed by atoms with E-state index in [2.05, 4.69) is 5.32 Å². The Balaban J connectivity index is 1.73. The molecule has 0 aliphatic rings. The molecule has 0 spiro atoms. The summed E-state index contributed by atoms with van der Waals surface area (Å²) in [5.41, 5.74) is 2.80. The average Bonchev–Trinajstić information content (AvgIpc) is 2.60. The lowest BCUT2D eigenvalue weighted by molar-refractivity contribution is -0.121. The molecule has 0 aromatic heterocycles. The molecule has 2 rings (SSSR count). The van der Waals surface area contributed by atoms with Crippen LogP contribution in [0.15, 0.2) is 48.5 Å². The van der Waals surface area contributed by atoms with Gasteiger partial charge >= 0.3 is 0 Å². The lowest BCUT2D eigenvalue weighted by Crippen LogP contribution is -2.25. The van der Waals surface area contributed by atoms with Crippen molar-refractivity contribution in [1.82, 2.24) is 10.2 Å². The van der Waals surface area contributed by atoms with E-state index in [4.69, 9.17) is 11.6 Å². The van der Waals surface area contributed by atoms with Crippen molar-refractivity contribution in [3.63, 3.8) is 0 Å². The number of hydrogen-bond acceptors (Lipinski definition) is 2. The van der Waals surface area contributed by atoms with Crippen molar-refractivity contribution in [2.24, 2.45) is 0 Å². The first-order valence-corrected chi connectivity index (χ1v) is 8.65. The molecule has 0 unspecified atom stereocenters. The van der Waals surface area contributed by atoms with Crippen LogP contribution in [-0.2, 0) is 17.6 Å². The largest absolute Gasteiger partial charge is 0.356 e. The Labute approximate surface area is 153 Å². The normalized spacial score (nSPS) is 10.4. The number of aryl methyl sites for hydroxylation is 1. The molecule has 0 bridgehead atoms. The van der Waals surface area contributed by atoms with Gasteiger partial charge in [-0.1, -0.05) is 35.9 Å². The zero-order chi connectivity index (χ0) is 18.2. The summed E-state index contributed by atoms with van der Waals surface area (Å²) in [6, 6.07) is 15.0. The first kappa shape index (κ1) is 19.0. The molecular formula is C20H23ClN2O2. The summed E-state index contributed by atoms with van der Waals surface area (Å²) < 4.78 is 0. The first-order chi connectivity index (χ1) is 12.0. The van der Waals surface area contributed by atoms with Crippen LogP contribution >= 0.6 is 11.6 Å². The van der Waals surface area contributed by atoms with E-state index < -0.39 is 0 Å². The summed E-state index contributed by atoms with van der Waals surface area (Å²) in [5.74, 6) is 0.000723. The minimum atomic E-state index is -0.0229. The Morgan fingerprint density at radius 1 is 1.00 bits per heavy atom. The SMILES string of the molecule is CN(C)C(=O)c1ccc(CCC(=O)NCCc2cccc(Cl)c2)cc1. The minimum Gasteiger partial charge on any atom is -0.356 e. The Morgan fingerprint density at radius 2 is 1.72 bits per heavy atom. The Bertz CT molecular complexity index is 727. The Hall–Kier alpha value is -2.33. The van der Waals surface area contributed by atoms with Gasteiger partial charge in [0.1, 0.15) is 0 Å². The number of nitrogens with one attached hydrogen (secondary N) is 1. The molecule has 0 aliphatic carbocycles. The molecular weight excluding hydrogens is 336 g/mol. The highest BCUT2D eigenvalue weighted by molar-refractivity contribution is 6.30. The molecule has 0 atom stereocenters. The second kappa shape index (κ2) is 9.23. The molecule has 0 radical (unpaired) electrons. The average molecular weight is 359 g/mol. The topological polar surface area (TPSA) is 49.4 Å². The highest BCUT2D eigenvalue weighted by Crippen LogP contribution is 2.11. The molecule has 0 saturated carbocycles. The maximum atomic E-state index is 11.9. The number of carbonyl (C=O) groups is 2. The molecule has 0 fully saturated rings. The van der Waals surface area contributed by atoms with Gasteiger partial charge in [0.25, 0.3) is 5.91 Å². The molecule has 0 saturated heterocycles. The minimum absolute atomic E-state index is 0.0229. The zero-order valence-corrected chi connectivity index (χ0v) is 15.3. The molecule has 132 valence electrons. The molecule has 25 heavy (non-hydrogen) atoms. The van der Waals surface area contributed by atoms with E-state index in [0.717, 1.165) is 17.5 Å². The summed E-state index contributed by atoms with van der Waals surface area (Å²) in [4.78, 5) is 25.3. The van der Waals surface area contributed by atoms with Gasteiger partial charge in [-0.25, -0.2) is 0 Å². The summed E-state index contributed by atoms with van der Waals surface area (Å²) in [6.45, 7) is 0.593. The maximum Gasteiger partial charge on any atom is 0.253 e. The smallest absolute Gasteiger partial charge is 0.253 e. The van der Waals surface area contributed by atoms with E-state index in [0.29, 0.717) is 30.0 Å². The highest BCUT2D eigenvalue weighted by Gasteiger charge is 2.08. The van der Waals surface area contributed by atoms with Crippen molar-refractivity contribution in [3.05, 3.63) is 70.2 Å². The second-order valence-electron chi connectivity index (χ2n) is 6.13. The lowest BCUT2D eigenvalue weighted by atomic mass is 10.1. The van der Waals surface area contributed by atoms with E-state index in [1.165, 1.54) is 0 Å². The summed E-state index contributed by atoms with van der Waals surface area (Å²) in [7, 11) is 3.45. The lowest BCUT2D eigenvalue weighted by Gasteiger charge is -2.10. The third-order valence-electron chi connectivity index (χ3n) is 3.87. The van der Waals surface area contributed by atoms with Crippen LogP contribution < -0.4 is 5.32 Å². The van der Waals surface area contributed by atoms with Gasteiger partial charge in [-0.15, -0.1) is 0 Å². The van der Waals surface area contributed by atoms with E-state index in [9.17, 15) is 9.59 Å². The van der Waals surface area contributed by atoms with Gasteiger partial charge in [-0.05, 0) is 48.2 Å². The number of carbonyl (C=O) groups excluding carboxylic acids is 2. The standard InChI is InChI=1S/C20H23ClN2O2/c1-23(2)20(25)17-9-6-15(7-10-17)8-11-19(24)22-13-12-16-4-3-5-18(21)14-16/h3-7,9-10,14H,8,11-13H2,1-2H3,(H,22,24). The van der Waals surface area contributed by atoms with Gasteiger partial charge in [0.2, 0.25) is 5.91 Å². The van der Waals surface area contributed by atoms with E-state index >= 15 is 0 Å². The van der Waals surface area contributed by atoms with E-state index in [-0.39, 0.29) is 11.8 Å². The van der Waals surface area contributed by atoms with Crippen LogP contribution in [0.4, 0.5) is 0 Å². The number of hydrogen-bond donors (Lipinski definition) is 1. The molecule has 0 aliphatic heterocycles. The number of benzene rings is 2. The van der Waals surface area contributed by atoms with Gasteiger partial charge < -0.3 is 10.2 Å². The molecule has 2 aromatic rings. The van der Waals surface area contributed by atoms with Crippen LogP contribution in [0.5, 0.6) is 0 Å². The van der Waals surface area contributed by atoms with E-state index in [1.54, 1.807) is 31.1 Å². The quantitative estimate of drug-likeness (QED) is 0.825. The Kier molecular flexibility index (Phi) is 7.02. The van der Waals surface area contributed by atoms with Crippen LogP contribution in [0.3, 0.4) is 0 Å². The monoisotopic (exact) mass is 358 g/mol. The van der Waals surface area contributed by atoms with Crippen molar-refractivity contribution in [3.8, 4) is 0 Å². The fraction of sp³-hybridized carbons (Fsp3) is 0.300. The Morgan fingerprint density at radius 3 is 2.36 bits per heavy atom. The van der Waals surface area contributed by atoms with Crippen molar-refractivity contribution in [2.45, 2.75) is 19.3 Å². The fourth-order valence-corrected chi connectivity index (χ4v) is 2.67. The number of rotatable bonds is 7. The molecule has 4 nitrogen and oxygen atoms in total. The second-order valence-corrected chi connectivity index (χ2v) is 6.56. The number of nitrogens with zero attached hydrogens (tertiary/aromatic N) is 1. The molecule has 1 N–H and O–H groups in total. The molecule has 2 aromatic carbocycles. The predicted molar refractivity (Wildman–Crippen MR) is 101 cm³/mol. The van der Waals surface area contributed by atoms with Gasteiger partial charge in [-0.2, -0.15) is 0 Å². The van der Waals surface area contributed by atoms with Crippen molar-refractivity contribution >= 4 is 23.4 Å². The van der Waals surface area contributed by atoms with Crippen LogP contribution in [0.25, 0.3) is 0 Å². The van der Waals surface area contributed by atoms with Crippen molar-refractivity contribution < 1.29 is 9.59 Å². The summed E-state index contributed by atoms with van der Waals surface area (Å²) in [6.07, 6.45) is 1.84. The summed E-state index contributed by atoms with van der Waals surface area (Å²) in [5, 5.41) is 3.63. The molecule has 2 amide bonds.